The number of nitrogens with one attached hydrogen (secondary N) is 1. The van der Waals surface area contributed by atoms with Crippen LogP contribution in [0.5, 0.6) is 5.75 Å². The first-order valence-corrected chi connectivity index (χ1v) is 11.5. The maximum atomic E-state index is 12.9. The fraction of sp³-hybridized carbons (Fsp3) is 0.421. The van der Waals surface area contributed by atoms with Crippen molar-refractivity contribution >= 4 is 33.0 Å². The van der Waals surface area contributed by atoms with Crippen LogP contribution in [0.15, 0.2) is 39.9 Å². The van der Waals surface area contributed by atoms with E-state index in [1.54, 1.807) is 17.4 Å². The lowest BCUT2D eigenvalue weighted by atomic mass is 10.2. The topological polar surface area (TPSA) is 84.9 Å². The van der Waals surface area contributed by atoms with Gasteiger partial charge in [-0.25, -0.2) is 8.42 Å². The van der Waals surface area contributed by atoms with Gasteiger partial charge in [-0.1, -0.05) is 0 Å². The summed E-state index contributed by atoms with van der Waals surface area (Å²) in [5, 5.41) is 6.79. The number of aryl methyl sites for hydroxylation is 1. The van der Waals surface area contributed by atoms with Crippen LogP contribution in [-0.4, -0.2) is 51.5 Å². The van der Waals surface area contributed by atoms with Gasteiger partial charge in [0.2, 0.25) is 15.9 Å². The zero-order valence-electron chi connectivity index (χ0n) is 15.7. The molecule has 0 saturated carbocycles. The molecule has 0 aliphatic carbocycles. The Morgan fingerprint density at radius 1 is 1.29 bits per heavy atom. The lowest BCUT2D eigenvalue weighted by molar-refractivity contribution is -0.116. The normalized spacial score (nSPS) is 15.3. The van der Waals surface area contributed by atoms with E-state index in [0.29, 0.717) is 57.2 Å². The van der Waals surface area contributed by atoms with E-state index in [1.807, 2.05) is 23.8 Å². The van der Waals surface area contributed by atoms with Crippen molar-refractivity contribution in [3.63, 3.8) is 0 Å². The molecular weight excluding hydrogens is 400 g/mol. The van der Waals surface area contributed by atoms with Crippen molar-refractivity contribution in [3.05, 3.63) is 40.6 Å². The quantitative estimate of drug-likeness (QED) is 0.704. The van der Waals surface area contributed by atoms with Crippen LogP contribution in [0.2, 0.25) is 0 Å². The predicted molar refractivity (Wildman–Crippen MR) is 108 cm³/mol. The molecule has 1 aliphatic rings. The fourth-order valence-electron chi connectivity index (χ4n) is 2.89. The van der Waals surface area contributed by atoms with E-state index in [9.17, 15) is 13.2 Å². The number of thiophene rings is 1. The Morgan fingerprint density at radius 3 is 2.75 bits per heavy atom. The molecule has 1 aliphatic heterocycles. The Kier molecular flexibility index (Phi) is 7.06. The van der Waals surface area contributed by atoms with Crippen LogP contribution >= 0.6 is 11.3 Å². The number of anilines is 1. The van der Waals surface area contributed by atoms with E-state index >= 15 is 0 Å². The lowest BCUT2D eigenvalue weighted by Crippen LogP contribution is -2.40. The molecule has 2 heterocycles. The number of amides is 1. The first-order valence-electron chi connectivity index (χ1n) is 9.16. The minimum atomic E-state index is -3.65. The molecule has 2 aromatic rings. The molecule has 1 N–H and O–H groups in total. The number of carbonyl (C=O) groups is 1. The largest absolute Gasteiger partial charge is 0.492 e. The van der Waals surface area contributed by atoms with E-state index in [4.69, 9.17) is 9.47 Å². The first kappa shape index (κ1) is 20.8. The number of ether oxygens (including phenoxy) is 2. The maximum absolute atomic E-state index is 12.9. The van der Waals surface area contributed by atoms with Crippen molar-refractivity contribution in [1.82, 2.24) is 4.31 Å². The molecule has 7 nitrogen and oxygen atoms in total. The summed E-state index contributed by atoms with van der Waals surface area (Å²) in [4.78, 5) is 12.5. The zero-order valence-corrected chi connectivity index (χ0v) is 17.4. The standard InChI is InChI=1S/C19H24N2O5S2/c1-2-26-18-5-4-16(28(23,24)21-8-10-25-11-9-21)13-17(18)20-19(22)6-3-15-7-12-27-14-15/h4-5,7,12-14H,2-3,6,8-11H2,1H3,(H,20,22). The van der Waals surface area contributed by atoms with Crippen molar-refractivity contribution in [2.75, 3.05) is 38.2 Å². The van der Waals surface area contributed by atoms with Crippen LogP contribution in [0.4, 0.5) is 5.69 Å². The van der Waals surface area contributed by atoms with Gasteiger partial charge in [-0.05, 0) is 53.9 Å². The Morgan fingerprint density at radius 2 is 2.07 bits per heavy atom. The van der Waals surface area contributed by atoms with Crippen LogP contribution in [-0.2, 0) is 26.0 Å². The summed E-state index contributed by atoms with van der Waals surface area (Å²) in [5.74, 6) is 0.264. The van der Waals surface area contributed by atoms with Gasteiger partial charge >= 0.3 is 0 Å². The molecule has 0 bridgehead atoms. The molecular formula is C19H24N2O5S2. The molecule has 0 spiro atoms. The molecule has 1 aromatic heterocycles. The summed E-state index contributed by atoms with van der Waals surface area (Å²) in [7, 11) is -3.65. The van der Waals surface area contributed by atoms with Crippen LogP contribution in [0.25, 0.3) is 0 Å². The Labute approximate surface area is 169 Å². The zero-order chi connectivity index (χ0) is 20.0. The Bertz CT molecular complexity index is 891. The summed E-state index contributed by atoms with van der Waals surface area (Å²) in [6.07, 6.45) is 0.938. The maximum Gasteiger partial charge on any atom is 0.243 e. The molecule has 152 valence electrons. The van der Waals surface area contributed by atoms with Gasteiger partial charge in [0, 0.05) is 19.5 Å². The number of hydrogen-bond acceptors (Lipinski definition) is 6. The molecule has 28 heavy (non-hydrogen) atoms. The Hall–Kier alpha value is -1.94. The van der Waals surface area contributed by atoms with Crippen molar-refractivity contribution in [3.8, 4) is 5.75 Å². The SMILES string of the molecule is CCOc1ccc(S(=O)(=O)N2CCOCC2)cc1NC(=O)CCc1ccsc1. The summed E-state index contributed by atoms with van der Waals surface area (Å²) in [6.45, 7) is 3.63. The molecule has 0 radical (unpaired) electrons. The summed E-state index contributed by atoms with van der Waals surface area (Å²) < 4.78 is 38.0. The third kappa shape index (κ3) is 5.11. The van der Waals surface area contributed by atoms with E-state index < -0.39 is 10.0 Å². The number of benzene rings is 1. The second-order valence-electron chi connectivity index (χ2n) is 6.29. The highest BCUT2D eigenvalue weighted by atomic mass is 32.2. The fourth-order valence-corrected chi connectivity index (χ4v) is 5.03. The summed E-state index contributed by atoms with van der Waals surface area (Å²) in [5.41, 5.74) is 1.47. The number of sulfonamides is 1. The van der Waals surface area contributed by atoms with E-state index in [2.05, 4.69) is 5.32 Å². The highest BCUT2D eigenvalue weighted by Crippen LogP contribution is 2.30. The molecule has 1 saturated heterocycles. The lowest BCUT2D eigenvalue weighted by Gasteiger charge is -2.26. The van der Waals surface area contributed by atoms with Gasteiger partial charge in [-0.15, -0.1) is 0 Å². The third-order valence-electron chi connectivity index (χ3n) is 4.35. The first-order chi connectivity index (χ1) is 13.5. The molecule has 0 atom stereocenters. The predicted octanol–water partition coefficient (Wildman–Crippen LogP) is 2.74. The molecule has 1 fully saturated rings. The van der Waals surface area contributed by atoms with Gasteiger partial charge < -0.3 is 14.8 Å². The second kappa shape index (κ2) is 9.51. The van der Waals surface area contributed by atoms with E-state index in [1.165, 1.54) is 16.4 Å². The summed E-state index contributed by atoms with van der Waals surface area (Å²) >= 11 is 1.59. The number of carbonyl (C=O) groups excluding carboxylic acids is 1. The smallest absolute Gasteiger partial charge is 0.243 e. The van der Waals surface area contributed by atoms with Gasteiger partial charge in [-0.3, -0.25) is 4.79 Å². The summed E-state index contributed by atoms with van der Waals surface area (Å²) in [6, 6.07) is 6.56. The monoisotopic (exact) mass is 424 g/mol. The van der Waals surface area contributed by atoms with Crippen molar-refractivity contribution in [2.24, 2.45) is 0 Å². The van der Waals surface area contributed by atoms with Gasteiger partial charge in [0.25, 0.3) is 0 Å². The molecule has 9 heteroatoms. The minimum Gasteiger partial charge on any atom is -0.492 e. The molecule has 1 amide bonds. The van der Waals surface area contributed by atoms with E-state index in [0.717, 1.165) is 5.56 Å². The van der Waals surface area contributed by atoms with Gasteiger partial charge in [-0.2, -0.15) is 15.6 Å². The third-order valence-corrected chi connectivity index (χ3v) is 6.98. The van der Waals surface area contributed by atoms with Crippen LogP contribution in [0.3, 0.4) is 0 Å². The highest BCUT2D eigenvalue weighted by molar-refractivity contribution is 7.89. The van der Waals surface area contributed by atoms with E-state index in [-0.39, 0.29) is 10.8 Å². The average Bonchev–Trinajstić information content (AvgIpc) is 3.22. The molecule has 3 rings (SSSR count). The number of nitrogens with zero attached hydrogens (tertiary/aromatic N) is 1. The van der Waals surface area contributed by atoms with Gasteiger partial charge in [0.15, 0.2) is 0 Å². The van der Waals surface area contributed by atoms with Crippen LogP contribution in [0, 0.1) is 0 Å². The second-order valence-corrected chi connectivity index (χ2v) is 9.01. The molecule has 0 unspecified atom stereocenters. The van der Waals surface area contributed by atoms with Gasteiger partial charge in [0.1, 0.15) is 5.75 Å². The number of hydrogen-bond donors (Lipinski definition) is 1. The van der Waals surface area contributed by atoms with Crippen LogP contribution < -0.4 is 10.1 Å². The average molecular weight is 425 g/mol. The molecule has 1 aromatic carbocycles. The minimum absolute atomic E-state index is 0.131. The number of morpholine rings is 1. The number of rotatable bonds is 8. The van der Waals surface area contributed by atoms with Crippen molar-refractivity contribution < 1.29 is 22.7 Å². The van der Waals surface area contributed by atoms with Crippen LogP contribution in [0.1, 0.15) is 18.9 Å². The van der Waals surface area contributed by atoms with Gasteiger partial charge in [0.05, 0.1) is 30.4 Å². The Balaban J connectivity index is 1.77. The highest BCUT2D eigenvalue weighted by Gasteiger charge is 2.27. The van der Waals surface area contributed by atoms with Crippen molar-refractivity contribution in [1.29, 1.82) is 0 Å². The van der Waals surface area contributed by atoms with Crippen molar-refractivity contribution in [2.45, 2.75) is 24.7 Å².